The van der Waals surface area contributed by atoms with Gasteiger partial charge in [-0.3, -0.25) is 9.59 Å². The summed E-state index contributed by atoms with van der Waals surface area (Å²) in [6, 6.07) is 8.34. The van der Waals surface area contributed by atoms with Crippen LogP contribution < -0.4 is 10.9 Å². The first-order valence-corrected chi connectivity index (χ1v) is 8.32. The van der Waals surface area contributed by atoms with Gasteiger partial charge in [-0.2, -0.15) is 0 Å². The topological polar surface area (TPSA) is 74.8 Å². The smallest absolute Gasteiger partial charge is 0.263 e. The molecule has 2 aromatic rings. The van der Waals surface area contributed by atoms with Crippen LogP contribution in [0.2, 0.25) is 0 Å². The Kier molecular flexibility index (Phi) is 4.26. The number of carbonyl (C=O) groups excluding carboxylic acids is 1. The second-order valence-corrected chi connectivity index (χ2v) is 7.41. The highest BCUT2D eigenvalue weighted by atomic mass is 16.2. The Labute approximate surface area is 141 Å². The van der Waals surface area contributed by atoms with Crippen LogP contribution in [0.4, 0.5) is 0 Å². The molecule has 1 amide bonds. The fourth-order valence-corrected chi connectivity index (χ4v) is 3.02. The summed E-state index contributed by atoms with van der Waals surface area (Å²) >= 11 is 0. The number of aromatic amines is 1. The number of amides is 1. The van der Waals surface area contributed by atoms with Crippen molar-refractivity contribution in [3.05, 3.63) is 63.3 Å². The number of H-pyrrole nitrogens is 1. The van der Waals surface area contributed by atoms with Crippen LogP contribution >= 0.6 is 0 Å². The number of aryl methyl sites for hydroxylation is 1. The van der Waals surface area contributed by atoms with E-state index in [1.54, 1.807) is 0 Å². The number of carbonyl (C=O) groups is 1. The SMILES string of the molecule is CC(C)(C)c1ncc(C(=O)NC2CCc3ccccc3C2)c(=O)[nH]1. The van der Waals surface area contributed by atoms with Crippen molar-refractivity contribution in [2.75, 3.05) is 0 Å². The highest BCUT2D eigenvalue weighted by Gasteiger charge is 2.23. The molecule has 1 unspecified atom stereocenters. The number of hydrogen-bond acceptors (Lipinski definition) is 3. The number of fused-ring (bicyclic) bond motifs is 1. The van der Waals surface area contributed by atoms with E-state index in [0.29, 0.717) is 5.82 Å². The zero-order chi connectivity index (χ0) is 17.3. The van der Waals surface area contributed by atoms with E-state index >= 15 is 0 Å². The maximum atomic E-state index is 12.4. The minimum atomic E-state index is -0.386. The first-order valence-electron chi connectivity index (χ1n) is 8.32. The van der Waals surface area contributed by atoms with Crippen LogP contribution in [0.5, 0.6) is 0 Å². The average molecular weight is 325 g/mol. The second kappa shape index (κ2) is 6.23. The maximum absolute atomic E-state index is 12.4. The molecular weight excluding hydrogens is 302 g/mol. The summed E-state index contributed by atoms with van der Waals surface area (Å²) in [6.07, 6.45) is 4.01. The molecule has 5 heteroatoms. The number of nitrogens with zero attached hydrogens (tertiary/aromatic N) is 1. The lowest BCUT2D eigenvalue weighted by Crippen LogP contribution is -2.41. The van der Waals surface area contributed by atoms with E-state index in [9.17, 15) is 9.59 Å². The summed E-state index contributed by atoms with van der Waals surface area (Å²) in [5.41, 5.74) is 2.04. The van der Waals surface area contributed by atoms with Gasteiger partial charge in [0.2, 0.25) is 0 Å². The minimum absolute atomic E-state index is 0.0501. The molecule has 0 radical (unpaired) electrons. The van der Waals surface area contributed by atoms with Crippen LogP contribution in [0.3, 0.4) is 0 Å². The van der Waals surface area contributed by atoms with Crippen LogP contribution in [-0.2, 0) is 18.3 Å². The normalized spacial score (nSPS) is 17.2. The van der Waals surface area contributed by atoms with Crippen molar-refractivity contribution in [2.45, 2.75) is 51.5 Å². The number of benzene rings is 1. The van der Waals surface area contributed by atoms with Crippen molar-refractivity contribution in [3.8, 4) is 0 Å². The number of aromatic nitrogens is 2. The van der Waals surface area contributed by atoms with Crippen molar-refractivity contribution >= 4 is 5.91 Å². The van der Waals surface area contributed by atoms with Gasteiger partial charge in [-0.15, -0.1) is 0 Å². The van der Waals surface area contributed by atoms with Crippen molar-refractivity contribution in [1.82, 2.24) is 15.3 Å². The average Bonchev–Trinajstić information content (AvgIpc) is 2.53. The molecule has 1 aliphatic carbocycles. The van der Waals surface area contributed by atoms with Crippen LogP contribution in [0, 0.1) is 0 Å². The van der Waals surface area contributed by atoms with E-state index in [4.69, 9.17) is 0 Å². The fraction of sp³-hybridized carbons (Fsp3) is 0.421. The summed E-state index contributed by atoms with van der Waals surface area (Å²) < 4.78 is 0. The van der Waals surface area contributed by atoms with Gasteiger partial charge >= 0.3 is 0 Å². The van der Waals surface area contributed by atoms with Gasteiger partial charge in [0.15, 0.2) is 0 Å². The molecule has 126 valence electrons. The Hall–Kier alpha value is -2.43. The van der Waals surface area contributed by atoms with Crippen molar-refractivity contribution < 1.29 is 4.79 Å². The third kappa shape index (κ3) is 3.40. The molecule has 5 nitrogen and oxygen atoms in total. The van der Waals surface area contributed by atoms with Gasteiger partial charge in [0.25, 0.3) is 11.5 Å². The molecule has 1 aromatic carbocycles. The molecule has 1 aliphatic rings. The van der Waals surface area contributed by atoms with Gasteiger partial charge < -0.3 is 10.3 Å². The molecule has 0 spiro atoms. The molecule has 0 bridgehead atoms. The van der Waals surface area contributed by atoms with E-state index in [0.717, 1.165) is 19.3 Å². The van der Waals surface area contributed by atoms with E-state index in [1.807, 2.05) is 32.9 Å². The molecule has 1 atom stereocenters. The largest absolute Gasteiger partial charge is 0.349 e. The third-order valence-electron chi connectivity index (χ3n) is 4.44. The Morgan fingerprint density at radius 2 is 1.96 bits per heavy atom. The van der Waals surface area contributed by atoms with Crippen LogP contribution in [0.15, 0.2) is 35.3 Å². The maximum Gasteiger partial charge on any atom is 0.263 e. The summed E-state index contributed by atoms with van der Waals surface area (Å²) in [7, 11) is 0. The lowest BCUT2D eigenvalue weighted by atomic mass is 9.88. The number of hydrogen-bond donors (Lipinski definition) is 2. The predicted molar refractivity (Wildman–Crippen MR) is 93.3 cm³/mol. The highest BCUT2D eigenvalue weighted by Crippen LogP contribution is 2.21. The van der Waals surface area contributed by atoms with Crippen LogP contribution in [-0.4, -0.2) is 21.9 Å². The van der Waals surface area contributed by atoms with Crippen LogP contribution in [0.25, 0.3) is 0 Å². The quantitative estimate of drug-likeness (QED) is 0.890. The van der Waals surface area contributed by atoms with Gasteiger partial charge in [-0.1, -0.05) is 45.0 Å². The first kappa shape index (κ1) is 16.4. The van der Waals surface area contributed by atoms with Crippen molar-refractivity contribution in [3.63, 3.8) is 0 Å². The van der Waals surface area contributed by atoms with Gasteiger partial charge in [-0.25, -0.2) is 4.98 Å². The second-order valence-electron chi connectivity index (χ2n) is 7.41. The molecule has 2 N–H and O–H groups in total. The Balaban J connectivity index is 1.73. The Morgan fingerprint density at radius 1 is 1.25 bits per heavy atom. The van der Waals surface area contributed by atoms with E-state index in [1.165, 1.54) is 17.3 Å². The van der Waals surface area contributed by atoms with Crippen LogP contribution in [0.1, 0.15) is 54.5 Å². The fourth-order valence-electron chi connectivity index (χ4n) is 3.02. The zero-order valence-electron chi connectivity index (χ0n) is 14.3. The summed E-state index contributed by atoms with van der Waals surface area (Å²) in [6.45, 7) is 5.89. The first-order chi connectivity index (χ1) is 11.3. The minimum Gasteiger partial charge on any atom is -0.349 e. The molecule has 0 saturated heterocycles. The van der Waals surface area contributed by atoms with E-state index in [-0.39, 0.29) is 28.5 Å². The van der Waals surface area contributed by atoms with Gasteiger partial charge in [0, 0.05) is 17.7 Å². The van der Waals surface area contributed by atoms with E-state index in [2.05, 4.69) is 27.4 Å². The monoisotopic (exact) mass is 325 g/mol. The molecule has 24 heavy (non-hydrogen) atoms. The lowest BCUT2D eigenvalue weighted by molar-refractivity contribution is 0.0931. The zero-order valence-corrected chi connectivity index (χ0v) is 14.3. The molecular formula is C19H23N3O2. The number of nitrogens with one attached hydrogen (secondary N) is 2. The predicted octanol–water partition coefficient (Wildman–Crippen LogP) is 2.35. The van der Waals surface area contributed by atoms with Crippen molar-refractivity contribution in [1.29, 1.82) is 0 Å². The summed E-state index contributed by atoms with van der Waals surface area (Å²) in [4.78, 5) is 31.6. The highest BCUT2D eigenvalue weighted by molar-refractivity contribution is 5.93. The summed E-state index contributed by atoms with van der Waals surface area (Å²) in [5, 5.41) is 2.98. The Bertz CT molecular complexity index is 818. The Morgan fingerprint density at radius 3 is 2.62 bits per heavy atom. The standard InChI is InChI=1S/C19H23N3O2/c1-19(2,3)18-20-11-15(17(24)22-18)16(23)21-14-9-8-12-6-4-5-7-13(12)10-14/h4-7,11,14H,8-10H2,1-3H3,(H,21,23)(H,20,22,24). The molecule has 1 aromatic heterocycles. The molecule has 1 heterocycles. The molecule has 3 rings (SSSR count). The van der Waals surface area contributed by atoms with Gasteiger partial charge in [-0.05, 0) is 30.4 Å². The summed E-state index contributed by atoms with van der Waals surface area (Å²) in [5.74, 6) is 0.226. The number of rotatable bonds is 2. The van der Waals surface area contributed by atoms with Crippen molar-refractivity contribution in [2.24, 2.45) is 0 Å². The third-order valence-corrected chi connectivity index (χ3v) is 4.44. The molecule has 0 fully saturated rings. The van der Waals surface area contributed by atoms with Gasteiger partial charge in [0.05, 0.1) is 0 Å². The van der Waals surface area contributed by atoms with Gasteiger partial charge in [0.1, 0.15) is 11.4 Å². The molecule has 0 saturated carbocycles. The lowest BCUT2D eigenvalue weighted by Gasteiger charge is -2.25. The van der Waals surface area contributed by atoms with E-state index < -0.39 is 0 Å². The molecule has 0 aliphatic heterocycles.